The topological polar surface area (TPSA) is 26.3 Å². The zero-order chi connectivity index (χ0) is 11.3. The van der Waals surface area contributed by atoms with E-state index in [-0.39, 0.29) is 5.56 Å². The van der Waals surface area contributed by atoms with Gasteiger partial charge < -0.3 is 4.74 Å². The second-order valence-electron chi connectivity index (χ2n) is 2.95. The van der Waals surface area contributed by atoms with Crippen molar-refractivity contribution in [3.05, 3.63) is 35.6 Å². The van der Waals surface area contributed by atoms with Crippen molar-refractivity contribution in [2.75, 3.05) is 0 Å². The van der Waals surface area contributed by atoms with Crippen LogP contribution in [0.3, 0.4) is 0 Å². The van der Waals surface area contributed by atoms with Gasteiger partial charge in [0.25, 0.3) is 0 Å². The third kappa shape index (κ3) is 3.43. The molecule has 0 N–H and O–H groups in total. The smallest absolute Gasteiger partial charge is 0.339 e. The monoisotopic (exact) mass is 206 g/mol. The van der Waals surface area contributed by atoms with Gasteiger partial charge in [0.15, 0.2) is 6.10 Å². The van der Waals surface area contributed by atoms with Gasteiger partial charge in [-0.2, -0.15) is 0 Å². The largest absolute Gasteiger partial charge is 0.446 e. The maximum atomic E-state index is 12.8. The second-order valence-corrected chi connectivity index (χ2v) is 2.95. The third-order valence-corrected chi connectivity index (χ3v) is 1.69. The molecule has 1 atom stereocenters. The predicted molar refractivity (Wildman–Crippen MR) is 54.7 cm³/mol. The molecule has 0 saturated heterocycles. The maximum absolute atomic E-state index is 12.8. The summed E-state index contributed by atoms with van der Waals surface area (Å²) in [5.74, 6) is 4.28. The minimum absolute atomic E-state index is 0.194. The molecular formula is C12H11FO2. The molecule has 1 aromatic rings. The first-order chi connectivity index (χ1) is 7.13. The summed E-state index contributed by atoms with van der Waals surface area (Å²) >= 11 is 0. The molecule has 78 valence electrons. The van der Waals surface area contributed by atoms with Crippen LogP contribution in [-0.4, -0.2) is 12.1 Å². The molecule has 0 aliphatic rings. The van der Waals surface area contributed by atoms with Gasteiger partial charge >= 0.3 is 5.97 Å². The number of ether oxygens (including phenoxy) is 1. The van der Waals surface area contributed by atoms with Crippen LogP contribution in [0.25, 0.3) is 0 Å². The van der Waals surface area contributed by atoms with Crippen LogP contribution >= 0.6 is 0 Å². The molecule has 0 heterocycles. The molecule has 0 aliphatic carbocycles. The van der Waals surface area contributed by atoms with Crippen LogP contribution in [0.2, 0.25) is 0 Å². The lowest BCUT2D eigenvalue weighted by Gasteiger charge is -2.06. The molecule has 2 nitrogen and oxygen atoms in total. The molecule has 0 amide bonds. The third-order valence-electron chi connectivity index (χ3n) is 1.69. The second kappa shape index (κ2) is 5.16. The van der Waals surface area contributed by atoms with Crippen LogP contribution in [0.5, 0.6) is 0 Å². The van der Waals surface area contributed by atoms with Gasteiger partial charge in [-0.25, -0.2) is 9.18 Å². The van der Waals surface area contributed by atoms with Gasteiger partial charge in [-0.05, 0) is 32.0 Å². The predicted octanol–water partition coefficient (Wildman–Crippen LogP) is 2.39. The molecule has 3 heteroatoms. The zero-order valence-electron chi connectivity index (χ0n) is 8.58. The Morgan fingerprint density at radius 1 is 1.53 bits per heavy atom. The molecule has 0 aliphatic heterocycles. The van der Waals surface area contributed by atoms with Crippen molar-refractivity contribution in [2.45, 2.75) is 20.0 Å². The summed E-state index contributed by atoms with van der Waals surface area (Å²) in [5, 5.41) is 0. The molecule has 0 bridgehead atoms. The summed E-state index contributed by atoms with van der Waals surface area (Å²) in [4.78, 5) is 11.4. The number of halogens is 1. The van der Waals surface area contributed by atoms with E-state index >= 15 is 0 Å². The quantitative estimate of drug-likeness (QED) is 0.548. The normalized spacial score (nSPS) is 11.1. The number of esters is 1. The van der Waals surface area contributed by atoms with Gasteiger partial charge in [0.05, 0.1) is 5.56 Å². The van der Waals surface area contributed by atoms with Crippen molar-refractivity contribution >= 4 is 5.97 Å². The molecule has 0 saturated carbocycles. The first-order valence-corrected chi connectivity index (χ1v) is 4.52. The first kappa shape index (κ1) is 11.3. The number of hydrogen-bond acceptors (Lipinski definition) is 2. The van der Waals surface area contributed by atoms with E-state index in [9.17, 15) is 9.18 Å². The summed E-state index contributed by atoms with van der Waals surface area (Å²) < 4.78 is 17.7. The summed E-state index contributed by atoms with van der Waals surface area (Å²) in [5.41, 5.74) is 0.194. The summed E-state index contributed by atoms with van der Waals surface area (Å²) in [6.45, 7) is 3.32. The van der Waals surface area contributed by atoms with Gasteiger partial charge in [-0.15, -0.1) is 5.92 Å². The van der Waals surface area contributed by atoms with E-state index in [0.29, 0.717) is 0 Å². The van der Waals surface area contributed by atoms with Crippen molar-refractivity contribution in [2.24, 2.45) is 0 Å². The SMILES string of the molecule is CC#CC(C)OC(=O)c1cccc(F)c1. The van der Waals surface area contributed by atoms with Gasteiger partial charge in [0.2, 0.25) is 0 Å². The van der Waals surface area contributed by atoms with Crippen LogP contribution < -0.4 is 0 Å². The molecule has 0 radical (unpaired) electrons. The number of carbonyl (C=O) groups excluding carboxylic acids is 1. The number of carbonyl (C=O) groups is 1. The van der Waals surface area contributed by atoms with Crippen molar-refractivity contribution in [3.8, 4) is 11.8 Å². The zero-order valence-corrected chi connectivity index (χ0v) is 8.58. The number of benzene rings is 1. The summed E-state index contributed by atoms with van der Waals surface area (Å²) in [6, 6.07) is 5.36. The van der Waals surface area contributed by atoms with Crippen LogP contribution in [0, 0.1) is 17.7 Å². The Kier molecular flexibility index (Phi) is 3.87. The molecule has 1 aromatic carbocycles. The average Bonchev–Trinajstić information content (AvgIpc) is 2.18. The van der Waals surface area contributed by atoms with Crippen molar-refractivity contribution in [3.63, 3.8) is 0 Å². The van der Waals surface area contributed by atoms with E-state index in [1.165, 1.54) is 18.2 Å². The Bertz CT molecular complexity index is 415. The molecule has 1 rings (SSSR count). The van der Waals surface area contributed by atoms with Gasteiger partial charge in [0, 0.05) is 0 Å². The Hall–Kier alpha value is -1.82. The Labute approximate surface area is 88.1 Å². The Morgan fingerprint density at radius 2 is 2.27 bits per heavy atom. The molecule has 0 fully saturated rings. The highest BCUT2D eigenvalue weighted by molar-refractivity contribution is 5.89. The highest BCUT2D eigenvalue weighted by Crippen LogP contribution is 2.06. The fourth-order valence-electron chi connectivity index (χ4n) is 1.08. The molecular weight excluding hydrogens is 195 g/mol. The van der Waals surface area contributed by atoms with Crippen LogP contribution in [0.1, 0.15) is 24.2 Å². The Morgan fingerprint density at radius 3 is 2.87 bits per heavy atom. The number of hydrogen-bond donors (Lipinski definition) is 0. The first-order valence-electron chi connectivity index (χ1n) is 4.52. The highest BCUT2D eigenvalue weighted by Gasteiger charge is 2.10. The fraction of sp³-hybridized carbons (Fsp3) is 0.250. The van der Waals surface area contributed by atoms with E-state index < -0.39 is 17.9 Å². The van der Waals surface area contributed by atoms with E-state index in [1.54, 1.807) is 13.8 Å². The average molecular weight is 206 g/mol. The van der Waals surface area contributed by atoms with Crippen molar-refractivity contribution in [1.29, 1.82) is 0 Å². The van der Waals surface area contributed by atoms with Crippen molar-refractivity contribution < 1.29 is 13.9 Å². The molecule has 1 unspecified atom stereocenters. The Balaban J connectivity index is 2.72. The lowest BCUT2D eigenvalue weighted by molar-refractivity contribution is 0.0438. The van der Waals surface area contributed by atoms with Crippen molar-refractivity contribution in [1.82, 2.24) is 0 Å². The summed E-state index contributed by atoms with van der Waals surface area (Å²) in [7, 11) is 0. The standard InChI is InChI=1S/C12H11FO2/c1-3-5-9(2)15-12(14)10-6-4-7-11(13)8-10/h4,6-9H,1-2H3. The number of rotatable bonds is 2. The van der Waals surface area contributed by atoms with Crippen LogP contribution in [-0.2, 0) is 4.74 Å². The van der Waals surface area contributed by atoms with Gasteiger partial charge in [0.1, 0.15) is 5.82 Å². The van der Waals surface area contributed by atoms with Crippen LogP contribution in [0.15, 0.2) is 24.3 Å². The van der Waals surface area contributed by atoms with Gasteiger partial charge in [-0.1, -0.05) is 12.0 Å². The van der Waals surface area contributed by atoms with E-state index in [2.05, 4.69) is 11.8 Å². The maximum Gasteiger partial charge on any atom is 0.339 e. The van der Waals surface area contributed by atoms with E-state index in [4.69, 9.17) is 4.74 Å². The molecule has 15 heavy (non-hydrogen) atoms. The molecule has 0 spiro atoms. The minimum Gasteiger partial charge on any atom is -0.446 e. The lowest BCUT2D eigenvalue weighted by atomic mass is 10.2. The minimum atomic E-state index is -0.565. The molecule has 0 aromatic heterocycles. The highest BCUT2D eigenvalue weighted by atomic mass is 19.1. The lowest BCUT2D eigenvalue weighted by Crippen LogP contribution is -2.13. The fourth-order valence-corrected chi connectivity index (χ4v) is 1.08. The van der Waals surface area contributed by atoms with Gasteiger partial charge in [-0.3, -0.25) is 0 Å². The van der Waals surface area contributed by atoms with E-state index in [0.717, 1.165) is 6.07 Å². The van der Waals surface area contributed by atoms with E-state index in [1.807, 2.05) is 0 Å². The van der Waals surface area contributed by atoms with Crippen LogP contribution in [0.4, 0.5) is 4.39 Å². The summed E-state index contributed by atoms with van der Waals surface area (Å²) in [6.07, 6.45) is -0.481.